The summed E-state index contributed by atoms with van der Waals surface area (Å²) in [5.74, 6) is -1.19. The zero-order valence-corrected chi connectivity index (χ0v) is 17.3. The maximum atomic E-state index is 13.5. The monoisotopic (exact) mass is 439 g/mol. The number of benzene rings is 3. The van der Waals surface area contributed by atoms with E-state index < -0.39 is 35.7 Å². The number of hydrogen-bond donors (Lipinski definition) is 3. The maximum Gasteiger partial charge on any atom is 0.312 e. The van der Waals surface area contributed by atoms with Crippen molar-refractivity contribution in [1.82, 2.24) is 10.6 Å². The SMILES string of the molecule is CC(NC(=O)CC(NC(N)=O)c1cccc(Oc2ccccc2)c1)c1ccc(F)c(F)c1. The minimum absolute atomic E-state index is 0.119. The van der Waals surface area contributed by atoms with Crippen LogP contribution in [-0.2, 0) is 4.79 Å². The summed E-state index contributed by atoms with van der Waals surface area (Å²) < 4.78 is 32.4. The summed E-state index contributed by atoms with van der Waals surface area (Å²) >= 11 is 0. The normalized spacial score (nSPS) is 12.5. The molecule has 0 bridgehead atoms. The fourth-order valence-electron chi connectivity index (χ4n) is 3.19. The van der Waals surface area contributed by atoms with Gasteiger partial charge < -0.3 is 21.1 Å². The second-order valence-corrected chi connectivity index (χ2v) is 7.22. The highest BCUT2D eigenvalue weighted by molar-refractivity contribution is 5.79. The molecule has 32 heavy (non-hydrogen) atoms. The van der Waals surface area contributed by atoms with Crippen LogP contribution in [0, 0.1) is 11.6 Å². The number of primary amides is 1. The maximum absolute atomic E-state index is 13.5. The Kier molecular flexibility index (Phi) is 7.38. The molecule has 0 saturated heterocycles. The van der Waals surface area contributed by atoms with E-state index >= 15 is 0 Å². The third kappa shape index (κ3) is 6.28. The lowest BCUT2D eigenvalue weighted by molar-refractivity contribution is -0.122. The third-order valence-corrected chi connectivity index (χ3v) is 4.77. The number of ether oxygens (including phenoxy) is 1. The summed E-state index contributed by atoms with van der Waals surface area (Å²) in [6.45, 7) is 1.65. The molecule has 3 aromatic carbocycles. The van der Waals surface area contributed by atoms with Gasteiger partial charge in [0.2, 0.25) is 5.91 Å². The summed E-state index contributed by atoms with van der Waals surface area (Å²) in [6.07, 6.45) is -0.119. The van der Waals surface area contributed by atoms with E-state index in [0.29, 0.717) is 22.6 Å². The Bertz CT molecular complexity index is 1090. The molecule has 0 aliphatic heterocycles. The number of rotatable bonds is 8. The van der Waals surface area contributed by atoms with Crippen LogP contribution in [0.1, 0.15) is 36.6 Å². The van der Waals surface area contributed by atoms with Gasteiger partial charge in [0.05, 0.1) is 18.5 Å². The average Bonchev–Trinajstić information content (AvgIpc) is 2.75. The van der Waals surface area contributed by atoms with Gasteiger partial charge in [-0.1, -0.05) is 36.4 Å². The lowest BCUT2D eigenvalue weighted by Crippen LogP contribution is -2.37. The van der Waals surface area contributed by atoms with Gasteiger partial charge >= 0.3 is 6.03 Å². The first-order valence-corrected chi connectivity index (χ1v) is 9.95. The average molecular weight is 439 g/mol. The molecular formula is C24H23F2N3O3. The first-order chi connectivity index (χ1) is 15.3. The van der Waals surface area contributed by atoms with Crippen molar-refractivity contribution in [3.63, 3.8) is 0 Å². The van der Waals surface area contributed by atoms with Gasteiger partial charge in [-0.25, -0.2) is 13.6 Å². The standard InChI is InChI=1S/C24H23F2N3O3/c1-15(16-10-11-20(25)21(26)13-16)28-23(30)14-22(29-24(27)31)17-6-5-9-19(12-17)32-18-7-3-2-4-8-18/h2-13,15,22H,14H2,1H3,(H,28,30)(H3,27,29,31). The zero-order chi connectivity index (χ0) is 23.1. The number of para-hydroxylation sites is 1. The van der Waals surface area contributed by atoms with Crippen molar-refractivity contribution in [2.75, 3.05) is 0 Å². The Hall–Kier alpha value is -3.94. The molecule has 166 valence electrons. The minimum atomic E-state index is -0.993. The van der Waals surface area contributed by atoms with Gasteiger partial charge in [-0.05, 0) is 54.4 Å². The van der Waals surface area contributed by atoms with Crippen LogP contribution in [0.15, 0.2) is 72.8 Å². The van der Waals surface area contributed by atoms with Crippen LogP contribution >= 0.6 is 0 Å². The van der Waals surface area contributed by atoms with Crippen molar-refractivity contribution >= 4 is 11.9 Å². The van der Waals surface area contributed by atoms with E-state index in [0.717, 1.165) is 12.1 Å². The van der Waals surface area contributed by atoms with E-state index in [1.807, 2.05) is 18.2 Å². The molecule has 0 heterocycles. The van der Waals surface area contributed by atoms with Crippen LogP contribution < -0.4 is 21.1 Å². The molecule has 6 nitrogen and oxygen atoms in total. The second kappa shape index (κ2) is 10.4. The van der Waals surface area contributed by atoms with E-state index in [9.17, 15) is 18.4 Å². The molecular weight excluding hydrogens is 416 g/mol. The van der Waals surface area contributed by atoms with Gasteiger partial charge in [0, 0.05) is 0 Å². The highest BCUT2D eigenvalue weighted by Gasteiger charge is 2.20. The summed E-state index contributed by atoms with van der Waals surface area (Å²) in [4.78, 5) is 24.1. The summed E-state index contributed by atoms with van der Waals surface area (Å²) in [5.41, 5.74) is 6.33. The Morgan fingerprint density at radius 2 is 1.59 bits per heavy atom. The molecule has 8 heteroatoms. The van der Waals surface area contributed by atoms with Crippen molar-refractivity contribution in [3.8, 4) is 11.5 Å². The van der Waals surface area contributed by atoms with Crippen LogP contribution in [-0.4, -0.2) is 11.9 Å². The van der Waals surface area contributed by atoms with Gasteiger partial charge in [0.15, 0.2) is 11.6 Å². The number of halogens is 2. The van der Waals surface area contributed by atoms with E-state index in [1.165, 1.54) is 6.07 Å². The Morgan fingerprint density at radius 1 is 0.875 bits per heavy atom. The number of nitrogens with two attached hydrogens (primary N) is 1. The molecule has 0 radical (unpaired) electrons. The topological polar surface area (TPSA) is 93.5 Å². The molecule has 3 aromatic rings. The second-order valence-electron chi connectivity index (χ2n) is 7.22. The smallest absolute Gasteiger partial charge is 0.312 e. The molecule has 0 aliphatic rings. The number of carbonyl (C=O) groups is 2. The number of hydrogen-bond acceptors (Lipinski definition) is 3. The lowest BCUT2D eigenvalue weighted by Gasteiger charge is -2.20. The van der Waals surface area contributed by atoms with Crippen molar-refractivity contribution < 1.29 is 23.1 Å². The predicted molar refractivity (Wildman–Crippen MR) is 116 cm³/mol. The molecule has 2 atom stereocenters. The summed E-state index contributed by atoms with van der Waals surface area (Å²) in [7, 11) is 0. The van der Waals surface area contributed by atoms with Gasteiger partial charge in [0.1, 0.15) is 11.5 Å². The molecule has 0 saturated carbocycles. The Labute approximate surface area is 184 Å². The first-order valence-electron chi connectivity index (χ1n) is 9.95. The summed E-state index contributed by atoms with van der Waals surface area (Å²) in [5, 5.41) is 5.28. The molecule has 0 aliphatic carbocycles. The number of urea groups is 1. The van der Waals surface area contributed by atoms with Gasteiger partial charge in [-0.2, -0.15) is 0 Å². The largest absolute Gasteiger partial charge is 0.457 e. The molecule has 0 aromatic heterocycles. The lowest BCUT2D eigenvalue weighted by atomic mass is 10.0. The highest BCUT2D eigenvalue weighted by atomic mass is 19.2. The van der Waals surface area contributed by atoms with Gasteiger partial charge in [-0.15, -0.1) is 0 Å². The van der Waals surface area contributed by atoms with Crippen molar-refractivity contribution in [2.24, 2.45) is 5.73 Å². The molecule has 3 rings (SSSR count). The highest BCUT2D eigenvalue weighted by Crippen LogP contribution is 2.26. The van der Waals surface area contributed by atoms with Crippen LogP contribution in [0.5, 0.6) is 11.5 Å². The van der Waals surface area contributed by atoms with Crippen molar-refractivity contribution in [2.45, 2.75) is 25.4 Å². The van der Waals surface area contributed by atoms with Crippen LogP contribution in [0.3, 0.4) is 0 Å². The summed E-state index contributed by atoms with van der Waals surface area (Å²) in [6, 6.07) is 17.5. The molecule has 2 unspecified atom stereocenters. The number of amides is 3. The van der Waals surface area contributed by atoms with E-state index in [4.69, 9.17) is 10.5 Å². The fourth-order valence-corrected chi connectivity index (χ4v) is 3.19. The van der Waals surface area contributed by atoms with Gasteiger partial charge in [0.25, 0.3) is 0 Å². The Balaban J connectivity index is 1.72. The van der Waals surface area contributed by atoms with Crippen molar-refractivity contribution in [1.29, 1.82) is 0 Å². The zero-order valence-electron chi connectivity index (χ0n) is 17.3. The van der Waals surface area contributed by atoms with Gasteiger partial charge in [-0.3, -0.25) is 4.79 Å². The predicted octanol–water partition coefficient (Wildman–Crippen LogP) is 4.73. The van der Waals surface area contributed by atoms with Crippen LogP contribution in [0.2, 0.25) is 0 Å². The van der Waals surface area contributed by atoms with E-state index in [1.54, 1.807) is 43.3 Å². The first kappa shape index (κ1) is 22.7. The molecule has 3 amide bonds. The number of carbonyl (C=O) groups excluding carboxylic acids is 2. The number of nitrogens with one attached hydrogen (secondary N) is 2. The molecule has 0 fully saturated rings. The van der Waals surface area contributed by atoms with Crippen LogP contribution in [0.4, 0.5) is 13.6 Å². The fraction of sp³-hybridized carbons (Fsp3) is 0.167. The molecule has 0 spiro atoms. The van der Waals surface area contributed by atoms with Crippen molar-refractivity contribution in [3.05, 3.63) is 95.6 Å². The third-order valence-electron chi connectivity index (χ3n) is 4.77. The quantitative estimate of drug-likeness (QED) is 0.474. The van der Waals surface area contributed by atoms with Crippen LogP contribution in [0.25, 0.3) is 0 Å². The van der Waals surface area contributed by atoms with E-state index in [-0.39, 0.29) is 6.42 Å². The van der Waals surface area contributed by atoms with E-state index in [2.05, 4.69) is 10.6 Å². The Morgan fingerprint density at radius 3 is 2.28 bits per heavy atom. The molecule has 4 N–H and O–H groups in total. The minimum Gasteiger partial charge on any atom is -0.457 e.